The number of rotatable bonds is 6. The lowest BCUT2D eigenvalue weighted by molar-refractivity contribution is -0.140. The standard InChI is InChI=1S/C11H14O5.2C3H6/c1-15-11(14)5-3-9-7-16-6-8(9)2-4-10(12)13;2*1-2-3-1/h6-7H,2-5H2,1H3,(H,12,13);2*1-3H2. The highest BCUT2D eigenvalue weighted by molar-refractivity contribution is 5.69. The van der Waals surface area contributed by atoms with Gasteiger partial charge in [-0.05, 0) is 24.0 Å². The Morgan fingerprint density at radius 3 is 1.82 bits per heavy atom. The summed E-state index contributed by atoms with van der Waals surface area (Å²) in [5.41, 5.74) is 1.71. The summed E-state index contributed by atoms with van der Waals surface area (Å²) in [6.45, 7) is 0. The molecular formula is C17H26O5. The van der Waals surface area contributed by atoms with Gasteiger partial charge in [0, 0.05) is 12.8 Å². The van der Waals surface area contributed by atoms with E-state index in [2.05, 4.69) is 4.74 Å². The topological polar surface area (TPSA) is 76.7 Å². The summed E-state index contributed by atoms with van der Waals surface area (Å²) in [6, 6.07) is 0. The fourth-order valence-electron chi connectivity index (χ4n) is 1.37. The van der Waals surface area contributed by atoms with Gasteiger partial charge in [0.05, 0.1) is 19.6 Å². The van der Waals surface area contributed by atoms with Crippen LogP contribution < -0.4 is 0 Å². The number of methoxy groups -OCH3 is 1. The molecule has 2 fully saturated rings. The van der Waals surface area contributed by atoms with Gasteiger partial charge in [-0.2, -0.15) is 0 Å². The van der Waals surface area contributed by atoms with Crippen LogP contribution in [0.2, 0.25) is 0 Å². The van der Waals surface area contributed by atoms with Crippen LogP contribution >= 0.6 is 0 Å². The van der Waals surface area contributed by atoms with Crippen molar-refractivity contribution in [2.24, 2.45) is 0 Å². The normalized spacial score (nSPS) is 13.9. The van der Waals surface area contributed by atoms with Crippen LogP contribution in [0.15, 0.2) is 16.9 Å². The van der Waals surface area contributed by atoms with E-state index in [1.807, 2.05) is 0 Å². The van der Waals surface area contributed by atoms with Crippen LogP contribution in [-0.4, -0.2) is 24.2 Å². The molecule has 5 nitrogen and oxygen atoms in total. The molecule has 2 aliphatic carbocycles. The predicted octanol–water partition coefficient (Wildman–Crippen LogP) is 3.74. The number of aryl methyl sites for hydroxylation is 2. The highest BCUT2D eigenvalue weighted by Gasteiger charge is 2.09. The van der Waals surface area contributed by atoms with E-state index >= 15 is 0 Å². The fourth-order valence-corrected chi connectivity index (χ4v) is 1.37. The molecule has 1 heterocycles. The number of furan rings is 1. The molecule has 0 spiro atoms. The lowest BCUT2D eigenvalue weighted by Gasteiger charge is -2.00. The van der Waals surface area contributed by atoms with E-state index in [-0.39, 0.29) is 18.8 Å². The molecule has 1 N–H and O–H groups in total. The van der Waals surface area contributed by atoms with Crippen LogP contribution in [0.25, 0.3) is 0 Å². The summed E-state index contributed by atoms with van der Waals surface area (Å²) < 4.78 is 9.52. The summed E-state index contributed by atoms with van der Waals surface area (Å²) in [6.07, 6.45) is 13.3. The number of hydrogen-bond acceptors (Lipinski definition) is 4. The second-order valence-electron chi connectivity index (χ2n) is 5.51. The smallest absolute Gasteiger partial charge is 0.305 e. The van der Waals surface area contributed by atoms with Crippen LogP contribution in [0.3, 0.4) is 0 Å². The molecule has 5 heteroatoms. The molecule has 124 valence electrons. The van der Waals surface area contributed by atoms with Crippen molar-refractivity contribution in [2.45, 2.75) is 64.2 Å². The number of hydrogen-bond donors (Lipinski definition) is 1. The summed E-state index contributed by atoms with van der Waals surface area (Å²) in [7, 11) is 1.34. The first-order valence-electron chi connectivity index (χ1n) is 7.96. The Labute approximate surface area is 131 Å². The van der Waals surface area contributed by atoms with Crippen LogP contribution in [0.5, 0.6) is 0 Å². The van der Waals surface area contributed by atoms with Crippen LogP contribution in [0.1, 0.15) is 62.5 Å². The SMILES string of the molecule is C1CC1.C1CC1.COC(=O)CCc1cocc1CCC(=O)O. The zero-order valence-corrected chi connectivity index (χ0v) is 13.3. The molecule has 1 aromatic rings. The van der Waals surface area contributed by atoms with E-state index in [4.69, 9.17) is 9.52 Å². The molecular weight excluding hydrogens is 284 g/mol. The highest BCUT2D eigenvalue weighted by Crippen LogP contribution is 2.15. The Bertz CT molecular complexity index is 434. The summed E-state index contributed by atoms with van der Waals surface area (Å²) in [5, 5.41) is 8.55. The van der Waals surface area contributed by atoms with Gasteiger partial charge < -0.3 is 14.3 Å². The predicted molar refractivity (Wildman–Crippen MR) is 82.7 cm³/mol. The maximum absolute atomic E-state index is 10.9. The molecule has 1 aromatic heterocycles. The van der Waals surface area contributed by atoms with Gasteiger partial charge in [-0.15, -0.1) is 0 Å². The number of carbonyl (C=O) groups is 2. The molecule has 0 atom stereocenters. The molecule has 3 rings (SSSR count). The van der Waals surface area contributed by atoms with E-state index in [0.29, 0.717) is 12.8 Å². The Morgan fingerprint density at radius 1 is 1.00 bits per heavy atom. The van der Waals surface area contributed by atoms with Crippen molar-refractivity contribution in [3.8, 4) is 0 Å². The van der Waals surface area contributed by atoms with Crippen molar-refractivity contribution in [1.29, 1.82) is 0 Å². The molecule has 0 aliphatic heterocycles. The number of carboxylic acids is 1. The minimum Gasteiger partial charge on any atom is -0.481 e. The van der Waals surface area contributed by atoms with Crippen molar-refractivity contribution < 1.29 is 23.8 Å². The van der Waals surface area contributed by atoms with Crippen LogP contribution in [0.4, 0.5) is 0 Å². The molecule has 2 saturated carbocycles. The van der Waals surface area contributed by atoms with Crippen LogP contribution in [-0.2, 0) is 27.2 Å². The van der Waals surface area contributed by atoms with E-state index in [1.165, 1.54) is 51.9 Å². The molecule has 2 aliphatic rings. The average molecular weight is 310 g/mol. The van der Waals surface area contributed by atoms with Crippen molar-refractivity contribution in [3.05, 3.63) is 23.7 Å². The summed E-state index contributed by atoms with van der Waals surface area (Å²) in [4.78, 5) is 21.4. The molecule has 0 aromatic carbocycles. The summed E-state index contributed by atoms with van der Waals surface area (Å²) >= 11 is 0. The molecule has 0 bridgehead atoms. The second-order valence-corrected chi connectivity index (χ2v) is 5.51. The zero-order chi connectivity index (χ0) is 16.2. The minimum atomic E-state index is -0.847. The third kappa shape index (κ3) is 10.9. The first-order valence-corrected chi connectivity index (χ1v) is 7.96. The van der Waals surface area contributed by atoms with Crippen molar-refractivity contribution in [1.82, 2.24) is 0 Å². The molecule has 0 saturated heterocycles. The molecule has 0 radical (unpaired) electrons. The first kappa shape index (κ1) is 18.3. The third-order valence-electron chi connectivity index (χ3n) is 2.97. The fraction of sp³-hybridized carbons (Fsp3) is 0.647. The van der Waals surface area contributed by atoms with Crippen molar-refractivity contribution in [2.75, 3.05) is 7.11 Å². The Kier molecular flexibility index (Phi) is 9.03. The molecule has 0 amide bonds. The van der Waals surface area contributed by atoms with Gasteiger partial charge in [-0.1, -0.05) is 38.5 Å². The average Bonchev–Trinajstić information content (AvgIpc) is 3.38. The van der Waals surface area contributed by atoms with Crippen molar-refractivity contribution >= 4 is 11.9 Å². The Hall–Kier alpha value is -1.78. The van der Waals surface area contributed by atoms with Gasteiger partial charge in [0.2, 0.25) is 0 Å². The zero-order valence-electron chi connectivity index (χ0n) is 13.3. The minimum absolute atomic E-state index is 0.0603. The van der Waals surface area contributed by atoms with Gasteiger partial charge in [-0.3, -0.25) is 9.59 Å². The van der Waals surface area contributed by atoms with E-state index < -0.39 is 5.97 Å². The maximum Gasteiger partial charge on any atom is 0.305 e. The Balaban J connectivity index is 0.000000328. The van der Waals surface area contributed by atoms with Crippen molar-refractivity contribution in [3.63, 3.8) is 0 Å². The van der Waals surface area contributed by atoms with Gasteiger partial charge in [0.15, 0.2) is 0 Å². The number of esters is 1. The van der Waals surface area contributed by atoms with Gasteiger partial charge in [0.25, 0.3) is 0 Å². The van der Waals surface area contributed by atoms with Gasteiger partial charge >= 0.3 is 11.9 Å². The van der Waals surface area contributed by atoms with E-state index in [0.717, 1.165) is 11.1 Å². The second kappa shape index (κ2) is 10.9. The summed E-state index contributed by atoms with van der Waals surface area (Å²) in [5.74, 6) is -1.13. The van der Waals surface area contributed by atoms with Gasteiger partial charge in [0.1, 0.15) is 0 Å². The lowest BCUT2D eigenvalue weighted by Crippen LogP contribution is -2.03. The number of carbonyl (C=O) groups excluding carboxylic acids is 1. The van der Waals surface area contributed by atoms with E-state index in [1.54, 1.807) is 6.26 Å². The number of aliphatic carboxylic acids is 1. The third-order valence-corrected chi connectivity index (χ3v) is 2.97. The first-order chi connectivity index (χ1) is 10.6. The quantitative estimate of drug-likeness (QED) is 0.810. The monoisotopic (exact) mass is 310 g/mol. The number of ether oxygens (including phenoxy) is 1. The molecule has 22 heavy (non-hydrogen) atoms. The molecule has 0 unspecified atom stereocenters. The lowest BCUT2D eigenvalue weighted by atomic mass is 10.0. The largest absolute Gasteiger partial charge is 0.481 e. The van der Waals surface area contributed by atoms with E-state index in [9.17, 15) is 9.59 Å². The maximum atomic E-state index is 10.9. The Morgan fingerprint density at radius 2 is 1.45 bits per heavy atom. The number of carboxylic acid groups (broad SMARTS) is 1. The van der Waals surface area contributed by atoms with Crippen LogP contribution in [0, 0.1) is 0 Å². The van der Waals surface area contributed by atoms with Gasteiger partial charge in [-0.25, -0.2) is 0 Å². The highest BCUT2D eigenvalue weighted by atomic mass is 16.5.